The Kier molecular flexibility index (Phi) is 7.77. The minimum absolute atomic E-state index is 0.357. The Morgan fingerprint density at radius 3 is 1.59 bits per heavy atom. The zero-order valence-electron chi connectivity index (χ0n) is 15.3. The van der Waals surface area contributed by atoms with Crippen LogP contribution in [0.5, 0.6) is 0 Å². The molecule has 0 saturated heterocycles. The van der Waals surface area contributed by atoms with Gasteiger partial charge in [0.2, 0.25) is 0 Å². The summed E-state index contributed by atoms with van der Waals surface area (Å²) in [5.41, 5.74) is 0.892. The number of hydrogen-bond acceptors (Lipinski definition) is 1. The molecule has 1 nitrogen and oxygen atoms in total. The van der Waals surface area contributed by atoms with Crippen LogP contribution in [0.2, 0.25) is 0 Å². The van der Waals surface area contributed by atoms with Crippen molar-refractivity contribution in [3.8, 4) is 0 Å². The highest BCUT2D eigenvalue weighted by molar-refractivity contribution is 7.76. The molecule has 0 heterocycles. The van der Waals surface area contributed by atoms with Crippen LogP contribution in [0.3, 0.4) is 0 Å². The van der Waals surface area contributed by atoms with Gasteiger partial charge in [0.15, 0.2) is 5.78 Å². The molecule has 0 N–H and O–H groups in total. The second kappa shape index (κ2) is 8.82. The zero-order valence-corrected chi connectivity index (χ0v) is 16.2. The number of ketones is 1. The number of carbonyl (C=O) groups excluding carboxylic acids is 1. The van der Waals surface area contributed by atoms with Gasteiger partial charge >= 0.3 is 0 Å². The largest absolute Gasteiger partial charge is 0.290 e. The van der Waals surface area contributed by atoms with Gasteiger partial charge in [-0.3, -0.25) is 4.79 Å². The first-order chi connectivity index (χ1) is 10.2. The predicted octanol–water partition coefficient (Wildman–Crippen LogP) is 5.85. The summed E-state index contributed by atoms with van der Waals surface area (Å²) < 4.78 is 0. The lowest BCUT2D eigenvalue weighted by molar-refractivity contribution is 0.102. The molecule has 0 bridgehead atoms. The molecule has 0 aromatic heterocycles. The number of carbonyl (C=O) groups is 1. The fraction of sp³-hybridized carbons (Fsp3) is 0.650. The van der Waals surface area contributed by atoms with Gasteiger partial charge in [-0.1, -0.05) is 71.9 Å². The average molecular weight is 321 g/mol. The van der Waals surface area contributed by atoms with Crippen molar-refractivity contribution < 1.29 is 4.79 Å². The van der Waals surface area contributed by atoms with Gasteiger partial charge in [-0.2, -0.15) is 0 Å². The Bertz CT molecular complexity index is 422. The van der Waals surface area contributed by atoms with E-state index in [0.717, 1.165) is 11.7 Å². The highest BCUT2D eigenvalue weighted by Crippen LogP contribution is 2.62. The summed E-state index contributed by atoms with van der Waals surface area (Å²) in [6.07, 6.45) is 4.55. The molecule has 0 spiro atoms. The third kappa shape index (κ3) is 6.61. The van der Waals surface area contributed by atoms with Crippen LogP contribution < -0.4 is 0 Å². The van der Waals surface area contributed by atoms with Gasteiger partial charge in [0, 0.05) is 12.8 Å². The van der Waals surface area contributed by atoms with Crippen LogP contribution in [-0.4, -0.2) is 30.4 Å². The fourth-order valence-corrected chi connectivity index (χ4v) is 10.0. The first-order valence-electron chi connectivity index (χ1n) is 8.67. The topological polar surface area (TPSA) is 17.1 Å². The van der Waals surface area contributed by atoms with Crippen LogP contribution in [0, 0.1) is 17.8 Å². The predicted molar refractivity (Wildman–Crippen MR) is 102 cm³/mol. The Morgan fingerprint density at radius 1 is 0.818 bits per heavy atom. The van der Waals surface area contributed by atoms with Crippen molar-refractivity contribution in [2.75, 3.05) is 24.6 Å². The summed E-state index contributed by atoms with van der Waals surface area (Å²) >= 11 is 0. The summed E-state index contributed by atoms with van der Waals surface area (Å²) in [7, 11) is -1.24. The molecule has 1 aromatic rings. The molecule has 1 rings (SSSR count). The lowest BCUT2D eigenvalue weighted by Crippen LogP contribution is -2.24. The molecule has 0 aliphatic rings. The maximum absolute atomic E-state index is 12.8. The quantitative estimate of drug-likeness (QED) is 0.411. The summed E-state index contributed by atoms with van der Waals surface area (Å²) in [5, 5.41) is 0. The minimum Gasteiger partial charge on any atom is -0.290 e. The van der Waals surface area contributed by atoms with E-state index >= 15 is 0 Å². The fourth-order valence-electron chi connectivity index (χ4n) is 3.76. The van der Waals surface area contributed by atoms with Crippen molar-refractivity contribution in [2.24, 2.45) is 17.8 Å². The van der Waals surface area contributed by atoms with E-state index in [-0.39, 0.29) is 0 Å². The van der Waals surface area contributed by atoms with E-state index in [9.17, 15) is 4.79 Å². The van der Waals surface area contributed by atoms with Crippen LogP contribution in [0.4, 0.5) is 0 Å². The van der Waals surface area contributed by atoms with Crippen molar-refractivity contribution in [2.45, 2.75) is 41.5 Å². The van der Waals surface area contributed by atoms with Gasteiger partial charge in [-0.15, -0.1) is 0 Å². The van der Waals surface area contributed by atoms with Crippen LogP contribution in [0.1, 0.15) is 51.9 Å². The van der Waals surface area contributed by atoms with Crippen LogP contribution in [-0.2, 0) is 0 Å². The monoisotopic (exact) mass is 321 g/mol. The van der Waals surface area contributed by atoms with E-state index < -0.39 is 7.26 Å². The molecule has 0 fully saturated rings. The number of hydrogen-bond donors (Lipinski definition) is 0. The SMILES string of the molecule is CC(C)C[P+](CC(=O)c1ccccc1)(CC(C)C)CC(C)C. The van der Waals surface area contributed by atoms with Crippen LogP contribution >= 0.6 is 7.26 Å². The Morgan fingerprint density at radius 2 is 1.23 bits per heavy atom. The van der Waals surface area contributed by atoms with E-state index in [1.807, 2.05) is 30.3 Å². The molecule has 0 saturated carbocycles. The zero-order chi connectivity index (χ0) is 16.8. The molecule has 0 aliphatic carbocycles. The third-order valence-corrected chi connectivity index (χ3v) is 9.30. The van der Waals surface area contributed by atoms with E-state index in [1.54, 1.807) is 0 Å². The van der Waals surface area contributed by atoms with Crippen molar-refractivity contribution in [3.05, 3.63) is 35.9 Å². The minimum atomic E-state index is -1.24. The highest BCUT2D eigenvalue weighted by Gasteiger charge is 2.41. The second-order valence-electron chi connectivity index (χ2n) is 8.02. The standard InChI is InChI=1S/C20H34OP/c1-16(2)12-22(13-17(3)4,14-18(5)6)15-20(21)19-10-8-7-9-11-19/h7-11,16-18H,12-15H2,1-6H3/q+1. The lowest BCUT2D eigenvalue weighted by atomic mass is 10.2. The molecular formula is C20H34OP+. The van der Waals surface area contributed by atoms with Crippen molar-refractivity contribution in [3.63, 3.8) is 0 Å². The molecule has 0 unspecified atom stereocenters. The van der Waals surface area contributed by atoms with Crippen molar-refractivity contribution >= 4 is 13.0 Å². The summed E-state index contributed by atoms with van der Waals surface area (Å²) in [6, 6.07) is 9.87. The Balaban J connectivity index is 3.02. The van der Waals surface area contributed by atoms with Gasteiger partial charge in [-0.25, -0.2) is 0 Å². The van der Waals surface area contributed by atoms with Gasteiger partial charge in [0.25, 0.3) is 0 Å². The summed E-state index contributed by atoms with van der Waals surface area (Å²) in [5.74, 6) is 2.38. The number of benzene rings is 1. The highest BCUT2D eigenvalue weighted by atomic mass is 31.2. The first-order valence-corrected chi connectivity index (χ1v) is 11.2. The molecular weight excluding hydrogens is 287 g/mol. The third-order valence-electron chi connectivity index (χ3n) is 3.83. The van der Waals surface area contributed by atoms with Crippen molar-refractivity contribution in [1.29, 1.82) is 0 Å². The number of rotatable bonds is 9. The summed E-state index contributed by atoms with van der Waals surface area (Å²) in [4.78, 5) is 12.8. The molecule has 124 valence electrons. The van der Waals surface area contributed by atoms with Crippen molar-refractivity contribution in [1.82, 2.24) is 0 Å². The maximum Gasteiger partial charge on any atom is 0.199 e. The normalized spacial score (nSPS) is 12.4. The molecule has 2 heteroatoms. The van der Waals surface area contributed by atoms with E-state index in [1.165, 1.54) is 18.5 Å². The Hall–Kier alpha value is -0.680. The molecule has 0 atom stereocenters. The molecule has 0 amide bonds. The van der Waals surface area contributed by atoms with Gasteiger partial charge in [0.1, 0.15) is 6.16 Å². The average Bonchev–Trinajstić information content (AvgIpc) is 2.36. The lowest BCUT2D eigenvalue weighted by Gasteiger charge is -2.31. The van der Waals surface area contributed by atoms with Crippen LogP contribution in [0.15, 0.2) is 30.3 Å². The molecule has 0 aliphatic heterocycles. The maximum atomic E-state index is 12.8. The van der Waals surface area contributed by atoms with E-state index in [2.05, 4.69) is 41.5 Å². The molecule has 1 aromatic carbocycles. The van der Waals surface area contributed by atoms with Crippen LogP contribution in [0.25, 0.3) is 0 Å². The smallest absolute Gasteiger partial charge is 0.199 e. The Labute approximate surface area is 138 Å². The van der Waals surface area contributed by atoms with E-state index in [4.69, 9.17) is 0 Å². The molecule has 22 heavy (non-hydrogen) atoms. The first kappa shape index (κ1) is 19.4. The van der Waals surface area contributed by atoms with Gasteiger partial charge in [-0.05, 0) is 17.8 Å². The van der Waals surface area contributed by atoms with E-state index in [0.29, 0.717) is 23.5 Å². The summed E-state index contributed by atoms with van der Waals surface area (Å²) in [6.45, 7) is 13.8. The molecule has 0 radical (unpaired) electrons. The van der Waals surface area contributed by atoms with Gasteiger partial charge in [0.05, 0.1) is 18.5 Å². The second-order valence-corrected chi connectivity index (χ2v) is 12.1. The number of Topliss-reactive ketones (excluding diaryl/α,β-unsaturated/α-hetero) is 1. The van der Waals surface area contributed by atoms with Gasteiger partial charge < -0.3 is 0 Å².